The fourth-order valence-electron chi connectivity index (χ4n) is 0.407. The van der Waals surface area contributed by atoms with Crippen molar-refractivity contribution in [1.82, 2.24) is 0 Å². The number of ether oxygens (including phenoxy) is 2. The van der Waals surface area contributed by atoms with E-state index in [-0.39, 0.29) is 5.97 Å². The smallest absolute Gasteiger partial charge is 0.302 e. The largest absolute Gasteiger partial charge is 0.466 e. The van der Waals surface area contributed by atoms with Crippen molar-refractivity contribution in [2.45, 2.75) is 34.6 Å². The lowest BCUT2D eigenvalue weighted by atomic mass is 10.8. The summed E-state index contributed by atoms with van der Waals surface area (Å²) in [4.78, 5) is 9.82. The summed E-state index contributed by atoms with van der Waals surface area (Å²) in [6.07, 6.45) is 1.75. The normalized spacial score (nSPS) is 7.21. The molecule has 14 heavy (non-hydrogen) atoms. The second kappa shape index (κ2) is 22.7. The molecule has 0 radical (unpaired) electrons. The molecule has 0 unspecified atom stereocenters. The van der Waals surface area contributed by atoms with Gasteiger partial charge in [0.05, 0.1) is 6.61 Å². The van der Waals surface area contributed by atoms with Gasteiger partial charge in [0.25, 0.3) is 0 Å². The Balaban J connectivity index is -0.000000138. The number of allylic oxidation sites excluding steroid dienone is 1. The molecule has 0 aromatic carbocycles. The average molecular weight is 204 g/mol. The van der Waals surface area contributed by atoms with Gasteiger partial charge in [0.1, 0.15) is 0 Å². The summed E-state index contributed by atoms with van der Waals surface area (Å²) in [6, 6.07) is 0. The topological polar surface area (TPSA) is 35.5 Å². The SMILES string of the molecule is C=CC.CCOC(C)=O.CCOCC. The second-order valence-corrected chi connectivity index (χ2v) is 2.11. The van der Waals surface area contributed by atoms with Crippen LogP contribution < -0.4 is 0 Å². The van der Waals surface area contributed by atoms with Gasteiger partial charge in [-0.3, -0.25) is 4.79 Å². The number of rotatable bonds is 3. The molecule has 0 aliphatic heterocycles. The van der Waals surface area contributed by atoms with Crippen molar-refractivity contribution in [2.24, 2.45) is 0 Å². The van der Waals surface area contributed by atoms with E-state index in [2.05, 4.69) is 11.3 Å². The highest BCUT2D eigenvalue weighted by atomic mass is 16.5. The molecule has 86 valence electrons. The first kappa shape index (κ1) is 18.9. The fourth-order valence-corrected chi connectivity index (χ4v) is 0.407. The third-order valence-corrected chi connectivity index (χ3v) is 0.756. The van der Waals surface area contributed by atoms with E-state index in [1.807, 2.05) is 20.8 Å². The molecular formula is C11H24O3. The van der Waals surface area contributed by atoms with E-state index in [0.717, 1.165) is 13.2 Å². The predicted octanol–water partition coefficient (Wildman–Crippen LogP) is 2.80. The Labute approximate surface area is 88.1 Å². The van der Waals surface area contributed by atoms with Gasteiger partial charge in [-0.05, 0) is 27.7 Å². The van der Waals surface area contributed by atoms with Crippen LogP contribution in [0.1, 0.15) is 34.6 Å². The Morgan fingerprint density at radius 1 is 1.21 bits per heavy atom. The minimum absolute atomic E-state index is 0.211. The van der Waals surface area contributed by atoms with E-state index < -0.39 is 0 Å². The van der Waals surface area contributed by atoms with Crippen LogP contribution in [0.25, 0.3) is 0 Å². The fraction of sp³-hybridized carbons (Fsp3) is 0.727. The maximum absolute atomic E-state index is 9.82. The second-order valence-electron chi connectivity index (χ2n) is 2.11. The van der Waals surface area contributed by atoms with Crippen molar-refractivity contribution in [3.8, 4) is 0 Å². The molecule has 0 saturated carbocycles. The van der Waals surface area contributed by atoms with Gasteiger partial charge in [-0.2, -0.15) is 0 Å². The van der Waals surface area contributed by atoms with Gasteiger partial charge in [-0.1, -0.05) is 6.08 Å². The van der Waals surface area contributed by atoms with Crippen molar-refractivity contribution in [3.05, 3.63) is 12.7 Å². The zero-order chi connectivity index (χ0) is 11.8. The Morgan fingerprint density at radius 3 is 1.57 bits per heavy atom. The van der Waals surface area contributed by atoms with Crippen LogP contribution in [-0.4, -0.2) is 25.8 Å². The first-order chi connectivity index (χ1) is 6.60. The summed E-state index contributed by atoms with van der Waals surface area (Å²) in [7, 11) is 0. The van der Waals surface area contributed by atoms with Gasteiger partial charge in [0.2, 0.25) is 0 Å². The maximum atomic E-state index is 9.82. The molecule has 0 atom stereocenters. The van der Waals surface area contributed by atoms with Crippen LogP contribution in [0.5, 0.6) is 0 Å². The van der Waals surface area contributed by atoms with Crippen molar-refractivity contribution in [1.29, 1.82) is 0 Å². The molecule has 0 aliphatic rings. The Hall–Kier alpha value is -0.830. The lowest BCUT2D eigenvalue weighted by Crippen LogP contribution is -1.95. The van der Waals surface area contributed by atoms with Crippen LogP contribution in [-0.2, 0) is 14.3 Å². The quantitative estimate of drug-likeness (QED) is 0.524. The highest BCUT2D eigenvalue weighted by Crippen LogP contribution is 1.69. The van der Waals surface area contributed by atoms with Gasteiger partial charge < -0.3 is 9.47 Å². The monoisotopic (exact) mass is 204 g/mol. The summed E-state index contributed by atoms with van der Waals surface area (Å²) in [6.45, 7) is 14.6. The first-order valence-corrected chi connectivity index (χ1v) is 4.88. The molecule has 3 heteroatoms. The van der Waals surface area contributed by atoms with Crippen molar-refractivity contribution >= 4 is 5.97 Å². The maximum Gasteiger partial charge on any atom is 0.302 e. The van der Waals surface area contributed by atoms with Gasteiger partial charge in [-0.25, -0.2) is 0 Å². The van der Waals surface area contributed by atoms with Crippen molar-refractivity contribution in [3.63, 3.8) is 0 Å². The molecular weight excluding hydrogens is 180 g/mol. The van der Waals surface area contributed by atoms with Crippen molar-refractivity contribution in [2.75, 3.05) is 19.8 Å². The number of carbonyl (C=O) groups is 1. The average Bonchev–Trinajstić information content (AvgIpc) is 2.07. The molecule has 0 amide bonds. The lowest BCUT2D eigenvalue weighted by Gasteiger charge is -1.89. The Morgan fingerprint density at radius 2 is 1.57 bits per heavy atom. The van der Waals surface area contributed by atoms with E-state index in [9.17, 15) is 4.79 Å². The van der Waals surface area contributed by atoms with Crippen molar-refractivity contribution < 1.29 is 14.3 Å². The van der Waals surface area contributed by atoms with E-state index >= 15 is 0 Å². The molecule has 0 aliphatic carbocycles. The molecule has 0 N–H and O–H groups in total. The molecule has 0 saturated heterocycles. The van der Waals surface area contributed by atoms with Gasteiger partial charge in [-0.15, -0.1) is 6.58 Å². The summed E-state index contributed by atoms with van der Waals surface area (Å²) < 4.78 is 9.24. The minimum Gasteiger partial charge on any atom is -0.466 e. The van der Waals surface area contributed by atoms with Crippen LogP contribution in [0.15, 0.2) is 12.7 Å². The van der Waals surface area contributed by atoms with E-state index in [4.69, 9.17) is 4.74 Å². The Kier molecular flexibility index (Phi) is 30.6. The molecule has 0 aromatic heterocycles. The van der Waals surface area contributed by atoms with Crippen LogP contribution >= 0.6 is 0 Å². The number of hydrogen-bond donors (Lipinski definition) is 0. The highest BCUT2D eigenvalue weighted by molar-refractivity contribution is 5.65. The summed E-state index contributed by atoms with van der Waals surface area (Å²) >= 11 is 0. The minimum atomic E-state index is -0.211. The first-order valence-electron chi connectivity index (χ1n) is 4.88. The number of hydrogen-bond acceptors (Lipinski definition) is 3. The van der Waals surface area contributed by atoms with Crippen LogP contribution in [0.4, 0.5) is 0 Å². The van der Waals surface area contributed by atoms with Crippen LogP contribution in [0.2, 0.25) is 0 Å². The number of carbonyl (C=O) groups excluding carboxylic acids is 1. The number of esters is 1. The van der Waals surface area contributed by atoms with E-state index in [1.165, 1.54) is 6.92 Å². The van der Waals surface area contributed by atoms with Gasteiger partial charge in [0, 0.05) is 20.1 Å². The third kappa shape index (κ3) is 66.4. The zero-order valence-electron chi connectivity index (χ0n) is 10.1. The molecule has 0 spiro atoms. The zero-order valence-corrected chi connectivity index (χ0v) is 10.1. The Bertz CT molecular complexity index is 109. The van der Waals surface area contributed by atoms with Crippen LogP contribution in [0.3, 0.4) is 0 Å². The summed E-state index contributed by atoms with van der Waals surface area (Å²) in [5.41, 5.74) is 0. The molecule has 0 rings (SSSR count). The highest BCUT2D eigenvalue weighted by Gasteiger charge is 1.81. The summed E-state index contributed by atoms with van der Waals surface area (Å²) in [5.74, 6) is -0.211. The predicted molar refractivity (Wildman–Crippen MR) is 60.3 cm³/mol. The lowest BCUT2D eigenvalue weighted by molar-refractivity contribution is -0.140. The molecule has 0 heterocycles. The molecule has 0 bridgehead atoms. The van der Waals surface area contributed by atoms with E-state index in [1.54, 1.807) is 13.0 Å². The van der Waals surface area contributed by atoms with Gasteiger partial charge in [0.15, 0.2) is 0 Å². The molecule has 3 nitrogen and oxygen atoms in total. The van der Waals surface area contributed by atoms with Gasteiger partial charge >= 0.3 is 5.97 Å². The van der Waals surface area contributed by atoms with E-state index in [0.29, 0.717) is 6.61 Å². The molecule has 0 fully saturated rings. The van der Waals surface area contributed by atoms with Crippen LogP contribution in [0, 0.1) is 0 Å². The third-order valence-electron chi connectivity index (χ3n) is 0.756. The molecule has 0 aromatic rings. The summed E-state index contributed by atoms with van der Waals surface area (Å²) in [5, 5.41) is 0. The standard InChI is InChI=1S/C4H8O2.C4H10O.C3H6/c1-3-6-4(2)5;1-3-5-4-2;1-3-2/h3H2,1-2H3;3-4H2,1-2H3;3H,1H2,2H3.